The van der Waals surface area contributed by atoms with Crippen molar-refractivity contribution < 1.29 is 9.53 Å². The van der Waals surface area contributed by atoms with Crippen LogP contribution >= 0.6 is 0 Å². The van der Waals surface area contributed by atoms with Gasteiger partial charge in [-0.3, -0.25) is 0 Å². The van der Waals surface area contributed by atoms with Crippen LogP contribution in [0.2, 0.25) is 0 Å². The lowest BCUT2D eigenvalue weighted by Crippen LogP contribution is -2.33. The number of nitrogens with zero attached hydrogens (tertiary/aromatic N) is 1. The highest BCUT2D eigenvalue weighted by atomic mass is 16.5. The van der Waals surface area contributed by atoms with Gasteiger partial charge in [-0.05, 0) is 18.6 Å². The van der Waals surface area contributed by atoms with Gasteiger partial charge in [-0.15, -0.1) is 0 Å². The first-order chi connectivity index (χ1) is 10.6. The Morgan fingerprint density at radius 1 is 1.14 bits per heavy atom. The van der Waals surface area contributed by atoms with Gasteiger partial charge in [0.05, 0.1) is 12.6 Å². The normalized spacial score (nSPS) is 11.8. The molecule has 116 valence electrons. The molecule has 0 saturated heterocycles. The predicted molar refractivity (Wildman–Crippen MR) is 88.8 cm³/mol. The Balaban J connectivity index is 2.09. The van der Waals surface area contributed by atoms with Crippen LogP contribution in [0.5, 0.6) is 0 Å². The van der Waals surface area contributed by atoms with Crippen LogP contribution in [0.1, 0.15) is 24.1 Å². The Bertz CT molecular complexity index is 613. The molecular weight excluding hydrogens is 276 g/mol. The largest absolute Gasteiger partial charge is 0.380 e. The van der Waals surface area contributed by atoms with Crippen LogP contribution in [0.15, 0.2) is 54.6 Å². The first kappa shape index (κ1) is 16.0. The van der Waals surface area contributed by atoms with Crippen LogP contribution < -0.4 is 5.32 Å². The summed E-state index contributed by atoms with van der Waals surface area (Å²) >= 11 is 0. The van der Waals surface area contributed by atoms with Crippen molar-refractivity contribution in [3.8, 4) is 0 Å². The molecule has 0 aliphatic rings. The molecule has 0 aliphatic heterocycles. The summed E-state index contributed by atoms with van der Waals surface area (Å²) in [6.45, 7) is 2.48. The Hall–Kier alpha value is -2.33. The second kappa shape index (κ2) is 7.61. The van der Waals surface area contributed by atoms with Crippen molar-refractivity contribution in [2.45, 2.75) is 19.6 Å². The quantitative estimate of drug-likeness (QED) is 0.904. The molecule has 1 N–H and O–H groups in total. The number of methoxy groups -OCH3 is 1. The Labute approximate surface area is 131 Å². The molecule has 1 atom stereocenters. The van der Waals surface area contributed by atoms with E-state index in [0.717, 1.165) is 16.8 Å². The van der Waals surface area contributed by atoms with Gasteiger partial charge < -0.3 is 15.0 Å². The van der Waals surface area contributed by atoms with Gasteiger partial charge in [0.2, 0.25) is 0 Å². The number of hydrogen-bond acceptors (Lipinski definition) is 2. The van der Waals surface area contributed by atoms with E-state index in [1.54, 1.807) is 19.1 Å². The van der Waals surface area contributed by atoms with E-state index in [-0.39, 0.29) is 12.1 Å². The average molecular weight is 298 g/mol. The molecule has 0 spiro atoms. The van der Waals surface area contributed by atoms with E-state index in [4.69, 9.17) is 4.74 Å². The molecule has 0 heterocycles. The van der Waals surface area contributed by atoms with E-state index < -0.39 is 0 Å². The molecule has 0 unspecified atom stereocenters. The van der Waals surface area contributed by atoms with E-state index in [1.807, 2.05) is 61.5 Å². The maximum atomic E-state index is 12.5. The van der Waals surface area contributed by atoms with E-state index in [1.165, 1.54) is 0 Å². The number of nitrogens with one attached hydrogen (secondary N) is 1. The molecule has 22 heavy (non-hydrogen) atoms. The number of ether oxygens (including phenoxy) is 1. The smallest absolute Gasteiger partial charge is 0.322 e. The standard InChI is InChI=1S/C18H22N2O2/c1-14(15-9-5-4-6-10-15)20(2)18(21)19-17-12-8-7-11-16(17)13-22-3/h4-12,14H,13H2,1-3H3,(H,19,21)/t14-/m1/s1. The van der Waals surface area contributed by atoms with Crippen molar-refractivity contribution in [3.63, 3.8) is 0 Å². The highest BCUT2D eigenvalue weighted by molar-refractivity contribution is 5.90. The first-order valence-corrected chi connectivity index (χ1v) is 7.29. The van der Waals surface area contributed by atoms with Crippen LogP contribution in [0.4, 0.5) is 10.5 Å². The summed E-state index contributed by atoms with van der Waals surface area (Å²) < 4.78 is 5.16. The number of hydrogen-bond donors (Lipinski definition) is 1. The lowest BCUT2D eigenvalue weighted by Gasteiger charge is -2.26. The molecule has 0 aliphatic carbocycles. The zero-order chi connectivity index (χ0) is 15.9. The second-order valence-electron chi connectivity index (χ2n) is 5.22. The van der Waals surface area contributed by atoms with E-state index in [0.29, 0.717) is 6.61 Å². The molecular formula is C18H22N2O2. The third-order valence-corrected chi connectivity index (χ3v) is 3.74. The molecule has 2 amide bonds. The maximum absolute atomic E-state index is 12.5. The summed E-state index contributed by atoms with van der Waals surface area (Å²) in [6, 6.07) is 17.5. The van der Waals surface area contributed by atoms with Crippen LogP contribution in [0, 0.1) is 0 Å². The maximum Gasteiger partial charge on any atom is 0.322 e. The fourth-order valence-electron chi connectivity index (χ4n) is 2.26. The van der Waals surface area contributed by atoms with Crippen molar-refractivity contribution in [1.82, 2.24) is 4.90 Å². The van der Waals surface area contributed by atoms with Crippen LogP contribution in [0.25, 0.3) is 0 Å². The Kier molecular flexibility index (Phi) is 5.55. The highest BCUT2D eigenvalue weighted by Gasteiger charge is 2.18. The summed E-state index contributed by atoms with van der Waals surface area (Å²) in [7, 11) is 3.44. The molecule has 2 aromatic rings. The second-order valence-corrected chi connectivity index (χ2v) is 5.22. The molecule has 0 radical (unpaired) electrons. The number of urea groups is 1. The Morgan fingerprint density at radius 3 is 2.45 bits per heavy atom. The van der Waals surface area contributed by atoms with Gasteiger partial charge in [0.15, 0.2) is 0 Å². The van der Waals surface area contributed by atoms with E-state index >= 15 is 0 Å². The van der Waals surface area contributed by atoms with Crippen molar-refractivity contribution in [1.29, 1.82) is 0 Å². The minimum absolute atomic E-state index is 0.00390. The third-order valence-electron chi connectivity index (χ3n) is 3.74. The zero-order valence-corrected chi connectivity index (χ0v) is 13.2. The molecule has 0 saturated carbocycles. The minimum Gasteiger partial charge on any atom is -0.380 e. The number of para-hydroxylation sites is 1. The SMILES string of the molecule is COCc1ccccc1NC(=O)N(C)[C@H](C)c1ccccc1. The molecule has 4 nitrogen and oxygen atoms in total. The van der Waals surface area contributed by atoms with Crippen molar-refractivity contribution in [2.24, 2.45) is 0 Å². The van der Waals surface area contributed by atoms with Crippen molar-refractivity contribution >= 4 is 11.7 Å². The summed E-state index contributed by atoms with van der Waals surface area (Å²) in [5.41, 5.74) is 2.84. The first-order valence-electron chi connectivity index (χ1n) is 7.29. The van der Waals surface area contributed by atoms with E-state index in [9.17, 15) is 4.79 Å². The lowest BCUT2D eigenvalue weighted by atomic mass is 10.1. The van der Waals surface area contributed by atoms with Gasteiger partial charge in [0, 0.05) is 25.4 Å². The van der Waals surface area contributed by atoms with Crippen molar-refractivity contribution in [2.75, 3.05) is 19.5 Å². The number of benzene rings is 2. The zero-order valence-electron chi connectivity index (χ0n) is 13.2. The van der Waals surface area contributed by atoms with Gasteiger partial charge in [0.25, 0.3) is 0 Å². The summed E-state index contributed by atoms with van der Waals surface area (Å²) in [5, 5.41) is 2.95. The number of anilines is 1. The van der Waals surface area contributed by atoms with Crippen molar-refractivity contribution in [3.05, 3.63) is 65.7 Å². The van der Waals surface area contributed by atoms with Gasteiger partial charge in [-0.1, -0.05) is 48.5 Å². The topological polar surface area (TPSA) is 41.6 Å². The third kappa shape index (κ3) is 3.86. The van der Waals surface area contributed by atoms with Crippen LogP contribution in [0.3, 0.4) is 0 Å². The van der Waals surface area contributed by atoms with Gasteiger partial charge in [-0.2, -0.15) is 0 Å². The van der Waals surface area contributed by atoms with Gasteiger partial charge in [0.1, 0.15) is 0 Å². The van der Waals surface area contributed by atoms with Crippen LogP contribution in [-0.4, -0.2) is 25.1 Å². The molecule has 0 aromatic heterocycles. The van der Waals surface area contributed by atoms with E-state index in [2.05, 4.69) is 5.32 Å². The average Bonchev–Trinajstić information content (AvgIpc) is 2.56. The summed E-state index contributed by atoms with van der Waals surface area (Å²) in [6.07, 6.45) is 0. The monoisotopic (exact) mass is 298 g/mol. The van der Waals surface area contributed by atoms with Gasteiger partial charge in [-0.25, -0.2) is 4.79 Å². The molecule has 4 heteroatoms. The number of carbonyl (C=O) groups excluding carboxylic acids is 1. The van der Waals surface area contributed by atoms with Crippen LogP contribution in [-0.2, 0) is 11.3 Å². The summed E-state index contributed by atoms with van der Waals surface area (Å²) in [4.78, 5) is 14.2. The lowest BCUT2D eigenvalue weighted by molar-refractivity contribution is 0.185. The predicted octanol–water partition coefficient (Wildman–Crippen LogP) is 4.06. The fraction of sp³-hybridized carbons (Fsp3) is 0.278. The molecule has 2 aromatic carbocycles. The molecule has 0 bridgehead atoms. The number of amides is 2. The molecule has 0 fully saturated rings. The fourth-order valence-corrected chi connectivity index (χ4v) is 2.26. The highest BCUT2D eigenvalue weighted by Crippen LogP contribution is 2.21. The summed E-state index contributed by atoms with van der Waals surface area (Å²) in [5.74, 6) is 0. The molecule has 2 rings (SSSR count). The number of carbonyl (C=O) groups is 1. The van der Waals surface area contributed by atoms with Gasteiger partial charge >= 0.3 is 6.03 Å². The number of rotatable bonds is 5. The minimum atomic E-state index is -0.139. The Morgan fingerprint density at radius 2 is 1.77 bits per heavy atom.